The number of carbonyl (C=O) groups excluding carboxylic acids is 1. The molecule has 0 N–H and O–H groups in total. The Morgan fingerprint density at radius 1 is 1.64 bits per heavy atom. The predicted octanol–water partition coefficient (Wildman–Crippen LogP) is 2.88. The van der Waals surface area contributed by atoms with Gasteiger partial charge < -0.3 is 0 Å². The van der Waals surface area contributed by atoms with Crippen LogP contribution in [0, 0.1) is 24.1 Å². The molecule has 2 nitrogen and oxygen atoms in total. The zero-order chi connectivity index (χ0) is 10.7. The van der Waals surface area contributed by atoms with E-state index >= 15 is 0 Å². The van der Waals surface area contributed by atoms with Crippen LogP contribution in [0.15, 0.2) is 12.1 Å². The summed E-state index contributed by atoms with van der Waals surface area (Å²) in [5.74, 6) is -0.843. The number of nitriles is 1. The van der Waals surface area contributed by atoms with Crippen LogP contribution >= 0.6 is 11.6 Å². The first-order chi connectivity index (χ1) is 6.57. The first-order valence-electron chi connectivity index (χ1n) is 3.92. The fraction of sp³-hybridized carbons (Fsp3) is 0.200. The lowest BCUT2D eigenvalue weighted by Crippen LogP contribution is -2.00. The molecule has 0 saturated heterocycles. The summed E-state index contributed by atoms with van der Waals surface area (Å²) in [4.78, 5) is 11.3. The Bertz CT molecular complexity index is 423. The van der Waals surface area contributed by atoms with Crippen molar-refractivity contribution in [2.75, 3.05) is 0 Å². The van der Waals surface area contributed by atoms with Crippen molar-refractivity contribution < 1.29 is 9.18 Å². The number of carbonyl (C=O) groups is 1. The number of benzene rings is 1. The maximum atomic E-state index is 12.9. The second-order valence-electron chi connectivity index (χ2n) is 2.79. The SMILES string of the molecule is Cc1c(F)ccc(C(=O)CC#N)c1Cl. The van der Waals surface area contributed by atoms with Crippen molar-refractivity contribution in [2.24, 2.45) is 0 Å². The number of hydrogen-bond donors (Lipinski definition) is 0. The molecule has 0 unspecified atom stereocenters. The number of nitrogens with zero attached hydrogens (tertiary/aromatic N) is 1. The van der Waals surface area contributed by atoms with Gasteiger partial charge in [-0.1, -0.05) is 11.6 Å². The topological polar surface area (TPSA) is 40.9 Å². The number of halogens is 2. The lowest BCUT2D eigenvalue weighted by molar-refractivity contribution is 0.0998. The zero-order valence-corrected chi connectivity index (χ0v) is 8.23. The number of ketones is 1. The van der Waals surface area contributed by atoms with E-state index in [1.54, 1.807) is 6.07 Å². The van der Waals surface area contributed by atoms with Crippen molar-refractivity contribution >= 4 is 17.4 Å². The van der Waals surface area contributed by atoms with Crippen LogP contribution in [0.25, 0.3) is 0 Å². The molecule has 0 saturated carbocycles. The van der Waals surface area contributed by atoms with Crippen LogP contribution in [0.1, 0.15) is 22.3 Å². The molecule has 1 aromatic rings. The minimum Gasteiger partial charge on any atom is -0.293 e. The smallest absolute Gasteiger partial charge is 0.178 e. The van der Waals surface area contributed by atoms with E-state index in [1.807, 2.05) is 0 Å². The molecule has 0 aromatic heterocycles. The Labute approximate surface area is 85.9 Å². The first kappa shape index (κ1) is 10.7. The summed E-state index contributed by atoms with van der Waals surface area (Å²) in [5.41, 5.74) is 0.433. The molecule has 0 aliphatic rings. The summed E-state index contributed by atoms with van der Waals surface area (Å²) in [5, 5.41) is 8.41. The van der Waals surface area contributed by atoms with E-state index in [-0.39, 0.29) is 28.4 Å². The van der Waals surface area contributed by atoms with Crippen molar-refractivity contribution in [1.82, 2.24) is 0 Å². The molecule has 1 aromatic carbocycles. The summed E-state index contributed by atoms with van der Waals surface area (Å²) >= 11 is 5.76. The van der Waals surface area contributed by atoms with E-state index in [4.69, 9.17) is 16.9 Å². The van der Waals surface area contributed by atoms with Gasteiger partial charge in [-0.25, -0.2) is 4.39 Å². The van der Waals surface area contributed by atoms with Crippen LogP contribution in [0.2, 0.25) is 5.02 Å². The van der Waals surface area contributed by atoms with Crippen LogP contribution < -0.4 is 0 Å². The van der Waals surface area contributed by atoms with Crippen LogP contribution in [0.5, 0.6) is 0 Å². The van der Waals surface area contributed by atoms with Gasteiger partial charge >= 0.3 is 0 Å². The molecule has 0 spiro atoms. The zero-order valence-electron chi connectivity index (χ0n) is 7.47. The molecule has 0 aliphatic carbocycles. The quantitative estimate of drug-likeness (QED) is 0.706. The third-order valence-electron chi connectivity index (χ3n) is 1.86. The molecule has 0 bridgehead atoms. The van der Waals surface area contributed by atoms with Crippen molar-refractivity contribution in [3.05, 3.63) is 34.1 Å². The molecule has 4 heteroatoms. The van der Waals surface area contributed by atoms with Gasteiger partial charge in [0.2, 0.25) is 0 Å². The Balaban J connectivity index is 3.19. The average Bonchev–Trinajstić information content (AvgIpc) is 2.15. The summed E-state index contributed by atoms with van der Waals surface area (Å²) in [6, 6.07) is 4.19. The molecule has 0 radical (unpaired) electrons. The average molecular weight is 212 g/mol. The predicted molar refractivity (Wildman–Crippen MR) is 50.7 cm³/mol. The van der Waals surface area contributed by atoms with Crippen LogP contribution in [0.4, 0.5) is 4.39 Å². The third kappa shape index (κ3) is 1.91. The Kier molecular flexibility index (Phi) is 3.21. The minimum atomic E-state index is -0.455. The fourth-order valence-corrected chi connectivity index (χ4v) is 1.30. The lowest BCUT2D eigenvalue weighted by Gasteiger charge is -2.04. The van der Waals surface area contributed by atoms with E-state index in [9.17, 15) is 9.18 Å². The van der Waals surface area contributed by atoms with Crippen molar-refractivity contribution in [1.29, 1.82) is 5.26 Å². The molecular formula is C10H7ClFNO. The maximum absolute atomic E-state index is 12.9. The summed E-state index contributed by atoms with van der Waals surface area (Å²) in [6.45, 7) is 1.49. The van der Waals surface area contributed by atoms with Crippen molar-refractivity contribution in [3.63, 3.8) is 0 Å². The van der Waals surface area contributed by atoms with Gasteiger partial charge in [0.1, 0.15) is 5.82 Å². The van der Waals surface area contributed by atoms with Gasteiger partial charge in [-0.15, -0.1) is 0 Å². The summed E-state index contributed by atoms with van der Waals surface area (Å²) in [7, 11) is 0. The molecule has 14 heavy (non-hydrogen) atoms. The van der Waals surface area contributed by atoms with Gasteiger partial charge in [0.25, 0.3) is 0 Å². The Morgan fingerprint density at radius 2 is 2.29 bits per heavy atom. The molecule has 0 atom stereocenters. The van der Waals surface area contributed by atoms with Gasteiger partial charge in [0.05, 0.1) is 17.5 Å². The highest BCUT2D eigenvalue weighted by Crippen LogP contribution is 2.23. The van der Waals surface area contributed by atoms with E-state index in [1.165, 1.54) is 19.1 Å². The number of hydrogen-bond acceptors (Lipinski definition) is 2. The Morgan fingerprint density at radius 3 is 2.86 bits per heavy atom. The largest absolute Gasteiger partial charge is 0.293 e. The number of rotatable bonds is 2. The highest BCUT2D eigenvalue weighted by atomic mass is 35.5. The number of Topliss-reactive ketones (excluding diaryl/α,β-unsaturated/α-hetero) is 1. The van der Waals surface area contributed by atoms with Gasteiger partial charge in [-0.3, -0.25) is 4.79 Å². The van der Waals surface area contributed by atoms with Crippen LogP contribution in [0.3, 0.4) is 0 Å². The van der Waals surface area contributed by atoms with Crippen LogP contribution in [-0.4, -0.2) is 5.78 Å². The summed E-state index contributed by atoms with van der Waals surface area (Å²) < 4.78 is 12.9. The first-order valence-corrected chi connectivity index (χ1v) is 4.30. The second kappa shape index (κ2) is 4.21. The lowest BCUT2D eigenvalue weighted by atomic mass is 10.1. The molecule has 72 valence electrons. The van der Waals surface area contributed by atoms with Gasteiger partial charge in [-0.2, -0.15) is 5.26 Å². The monoisotopic (exact) mass is 211 g/mol. The molecule has 0 heterocycles. The highest BCUT2D eigenvalue weighted by molar-refractivity contribution is 6.34. The fourth-order valence-electron chi connectivity index (χ4n) is 1.04. The van der Waals surface area contributed by atoms with E-state index in [2.05, 4.69) is 0 Å². The third-order valence-corrected chi connectivity index (χ3v) is 2.35. The van der Waals surface area contributed by atoms with Crippen LogP contribution in [-0.2, 0) is 0 Å². The Hall–Kier alpha value is -1.40. The van der Waals surface area contributed by atoms with E-state index in [0.717, 1.165) is 0 Å². The van der Waals surface area contributed by atoms with Gasteiger partial charge in [0, 0.05) is 11.1 Å². The van der Waals surface area contributed by atoms with E-state index < -0.39 is 5.82 Å². The molecule has 0 aliphatic heterocycles. The maximum Gasteiger partial charge on any atom is 0.178 e. The standard InChI is InChI=1S/C10H7ClFNO/c1-6-8(12)3-2-7(10(6)11)9(14)4-5-13/h2-3H,4H2,1H3. The molecular weight excluding hydrogens is 205 g/mol. The second-order valence-corrected chi connectivity index (χ2v) is 3.17. The normalized spacial score (nSPS) is 9.57. The summed E-state index contributed by atoms with van der Waals surface area (Å²) in [6.07, 6.45) is -0.245. The molecule has 0 amide bonds. The highest BCUT2D eigenvalue weighted by Gasteiger charge is 2.13. The van der Waals surface area contributed by atoms with Crippen molar-refractivity contribution in [3.8, 4) is 6.07 Å². The minimum absolute atomic E-state index is 0.0882. The molecule has 1 rings (SSSR count). The van der Waals surface area contributed by atoms with Gasteiger partial charge in [-0.05, 0) is 19.1 Å². The van der Waals surface area contributed by atoms with E-state index in [0.29, 0.717) is 0 Å². The molecule has 0 fully saturated rings. The van der Waals surface area contributed by atoms with Gasteiger partial charge in [0.15, 0.2) is 5.78 Å². The van der Waals surface area contributed by atoms with Crippen molar-refractivity contribution in [2.45, 2.75) is 13.3 Å².